The van der Waals surface area contributed by atoms with Gasteiger partial charge in [-0.1, -0.05) is 52.7 Å². The number of halogens is 2. The van der Waals surface area contributed by atoms with E-state index in [0.717, 1.165) is 75.7 Å². The third-order valence-corrected chi connectivity index (χ3v) is 9.54. The van der Waals surface area contributed by atoms with Gasteiger partial charge in [0.1, 0.15) is 11.5 Å². The highest BCUT2D eigenvalue weighted by Crippen LogP contribution is 2.46. The fraction of sp³-hybridized carbons (Fsp3) is 0.452. The van der Waals surface area contributed by atoms with Crippen LogP contribution in [0, 0.1) is 6.92 Å². The zero-order chi connectivity index (χ0) is 29.3. The Labute approximate surface area is 255 Å². The molecule has 1 aliphatic rings. The van der Waals surface area contributed by atoms with Crippen LogP contribution in [0.15, 0.2) is 34.9 Å². The maximum absolute atomic E-state index is 12.1. The standard InChI is InChI=1S/C31H36Cl2N4O3S/c1-6-21(34-16-22-28(36-40-29(22)19-11-12-19)26-23(32)9-8-10-24(26)33)14-18(4)37(7-2)31-35-27-17(3)13-20(30(38)39-5)15-25(27)41-31/h8-10,13,15,18-19,21,34H,6-7,11-12,14,16H2,1-5H3. The summed E-state index contributed by atoms with van der Waals surface area (Å²) >= 11 is 14.7. The lowest BCUT2D eigenvalue weighted by Gasteiger charge is -2.31. The SMILES string of the molecule is CCC(CC(C)N(CC)c1nc2c(C)cc(C(=O)OC)cc2s1)NCc1c(-c2c(Cl)cccc2Cl)noc1C1CC1. The molecule has 5 rings (SSSR count). The van der Waals surface area contributed by atoms with Crippen molar-refractivity contribution >= 4 is 55.9 Å². The zero-order valence-corrected chi connectivity index (χ0v) is 26.4. The predicted octanol–water partition coefficient (Wildman–Crippen LogP) is 8.40. The second-order valence-corrected chi connectivity index (χ2v) is 12.6. The first-order valence-electron chi connectivity index (χ1n) is 14.2. The van der Waals surface area contributed by atoms with Crippen LogP contribution >= 0.6 is 34.5 Å². The zero-order valence-electron chi connectivity index (χ0n) is 24.1. The van der Waals surface area contributed by atoms with Gasteiger partial charge in [-0.25, -0.2) is 9.78 Å². The van der Waals surface area contributed by atoms with Gasteiger partial charge in [0, 0.05) is 42.2 Å². The summed E-state index contributed by atoms with van der Waals surface area (Å²) in [5, 5.41) is 10.3. The van der Waals surface area contributed by atoms with Crippen LogP contribution in [-0.2, 0) is 11.3 Å². The number of aromatic nitrogens is 2. The number of rotatable bonds is 12. The number of carbonyl (C=O) groups is 1. The first-order chi connectivity index (χ1) is 19.7. The van der Waals surface area contributed by atoms with Crippen molar-refractivity contribution in [3.05, 3.63) is 62.8 Å². The predicted molar refractivity (Wildman–Crippen MR) is 168 cm³/mol. The highest BCUT2D eigenvalue weighted by molar-refractivity contribution is 7.22. The van der Waals surface area contributed by atoms with Crippen molar-refractivity contribution in [2.24, 2.45) is 0 Å². The lowest BCUT2D eigenvalue weighted by molar-refractivity contribution is 0.0601. The van der Waals surface area contributed by atoms with Crippen molar-refractivity contribution in [3.63, 3.8) is 0 Å². The second-order valence-electron chi connectivity index (χ2n) is 10.7. The Bertz CT molecular complexity index is 1530. The van der Waals surface area contributed by atoms with Gasteiger partial charge >= 0.3 is 5.97 Å². The summed E-state index contributed by atoms with van der Waals surface area (Å²) in [7, 11) is 1.40. The molecular weight excluding hydrogens is 579 g/mol. The number of benzene rings is 2. The van der Waals surface area contributed by atoms with E-state index >= 15 is 0 Å². The average Bonchev–Trinajstić information content (AvgIpc) is 3.58. The quantitative estimate of drug-likeness (QED) is 0.160. The molecule has 2 aromatic heterocycles. The van der Waals surface area contributed by atoms with Gasteiger partial charge in [-0.2, -0.15) is 0 Å². The summed E-state index contributed by atoms with van der Waals surface area (Å²) in [5.41, 5.74) is 4.95. The number of carbonyl (C=O) groups excluding carboxylic acids is 1. The minimum atomic E-state index is -0.333. The molecular formula is C31H36Cl2N4O3S. The van der Waals surface area contributed by atoms with Gasteiger partial charge in [0.15, 0.2) is 5.13 Å². The Morgan fingerprint density at radius 2 is 1.98 bits per heavy atom. The van der Waals surface area contributed by atoms with Gasteiger partial charge in [-0.3, -0.25) is 0 Å². The molecule has 0 radical (unpaired) electrons. The van der Waals surface area contributed by atoms with Crippen molar-refractivity contribution in [1.82, 2.24) is 15.5 Å². The fourth-order valence-electron chi connectivity index (χ4n) is 5.44. The Kier molecular flexibility index (Phi) is 9.24. The van der Waals surface area contributed by atoms with Crippen molar-refractivity contribution in [1.29, 1.82) is 0 Å². The molecule has 10 heteroatoms. The second kappa shape index (κ2) is 12.7. The summed E-state index contributed by atoms with van der Waals surface area (Å²) in [6.45, 7) is 10.0. The topological polar surface area (TPSA) is 80.5 Å². The summed E-state index contributed by atoms with van der Waals surface area (Å²) < 4.78 is 11.8. The molecule has 4 aromatic rings. The molecule has 2 aromatic carbocycles. The van der Waals surface area contributed by atoms with Crippen molar-refractivity contribution < 1.29 is 14.1 Å². The molecule has 2 atom stereocenters. The summed E-state index contributed by atoms with van der Waals surface area (Å²) in [6, 6.07) is 9.73. The smallest absolute Gasteiger partial charge is 0.337 e. The van der Waals surface area contributed by atoms with E-state index in [0.29, 0.717) is 28.1 Å². The minimum Gasteiger partial charge on any atom is -0.465 e. The Morgan fingerprint density at radius 1 is 1.24 bits per heavy atom. The lowest BCUT2D eigenvalue weighted by atomic mass is 10.0. The van der Waals surface area contributed by atoms with E-state index in [2.05, 4.69) is 36.1 Å². The number of ether oxygens (including phenoxy) is 1. The number of hydrogen-bond acceptors (Lipinski definition) is 8. The molecule has 1 saturated carbocycles. The fourth-order valence-corrected chi connectivity index (χ4v) is 7.26. The van der Waals surface area contributed by atoms with E-state index in [9.17, 15) is 4.79 Å². The molecule has 1 aliphatic carbocycles. The number of nitrogens with zero attached hydrogens (tertiary/aromatic N) is 3. The molecule has 0 saturated heterocycles. The number of fused-ring (bicyclic) bond motifs is 1. The third-order valence-electron chi connectivity index (χ3n) is 7.87. The van der Waals surface area contributed by atoms with E-state index in [4.69, 9.17) is 37.4 Å². The third kappa shape index (κ3) is 6.26. The summed E-state index contributed by atoms with van der Waals surface area (Å²) in [5.74, 6) is 1.02. The molecule has 0 amide bonds. The summed E-state index contributed by atoms with van der Waals surface area (Å²) in [6.07, 6.45) is 4.12. The normalized spacial score (nSPS) is 14.8. The van der Waals surface area contributed by atoms with Crippen molar-refractivity contribution in [3.8, 4) is 11.3 Å². The molecule has 0 aliphatic heterocycles. The number of aryl methyl sites for hydroxylation is 1. The Hall–Kier alpha value is -2.65. The Balaban J connectivity index is 1.34. The molecule has 1 N–H and O–H groups in total. The van der Waals surface area contributed by atoms with Gasteiger partial charge in [-0.15, -0.1) is 0 Å². The van der Waals surface area contributed by atoms with Gasteiger partial charge in [0.25, 0.3) is 0 Å². The van der Waals surface area contributed by atoms with Crippen LogP contribution in [0.3, 0.4) is 0 Å². The number of thiazole rings is 1. The molecule has 1 fully saturated rings. The van der Waals surface area contributed by atoms with Crippen LogP contribution in [-0.4, -0.2) is 41.8 Å². The number of hydrogen-bond donors (Lipinski definition) is 1. The largest absolute Gasteiger partial charge is 0.465 e. The highest BCUT2D eigenvalue weighted by atomic mass is 35.5. The van der Waals surface area contributed by atoms with Crippen LogP contribution in [0.25, 0.3) is 21.5 Å². The monoisotopic (exact) mass is 614 g/mol. The van der Waals surface area contributed by atoms with Gasteiger partial charge in [0.05, 0.1) is 32.9 Å². The van der Waals surface area contributed by atoms with Gasteiger partial charge < -0.3 is 19.5 Å². The van der Waals surface area contributed by atoms with Crippen molar-refractivity contribution in [2.75, 3.05) is 18.6 Å². The van der Waals surface area contributed by atoms with Crippen LogP contribution in [0.5, 0.6) is 0 Å². The molecule has 0 bridgehead atoms. The van der Waals surface area contributed by atoms with E-state index in [1.165, 1.54) is 7.11 Å². The highest BCUT2D eigenvalue weighted by Gasteiger charge is 2.33. The number of methoxy groups -OCH3 is 1. The maximum Gasteiger partial charge on any atom is 0.337 e. The van der Waals surface area contributed by atoms with Crippen molar-refractivity contribution in [2.45, 2.75) is 77.9 Å². The van der Waals surface area contributed by atoms with Gasteiger partial charge in [-0.05, 0) is 76.3 Å². The first kappa shape index (κ1) is 29.8. The molecule has 7 nitrogen and oxygen atoms in total. The van der Waals surface area contributed by atoms with E-state index in [1.807, 2.05) is 37.3 Å². The van der Waals surface area contributed by atoms with E-state index < -0.39 is 0 Å². The van der Waals surface area contributed by atoms with Crippen LogP contribution in [0.1, 0.15) is 79.6 Å². The maximum atomic E-state index is 12.1. The van der Waals surface area contributed by atoms with Gasteiger partial charge in [0.2, 0.25) is 0 Å². The lowest BCUT2D eigenvalue weighted by Crippen LogP contribution is -2.39. The molecule has 218 valence electrons. The molecule has 0 spiro atoms. The van der Waals surface area contributed by atoms with Crippen LogP contribution < -0.4 is 10.2 Å². The Morgan fingerprint density at radius 3 is 2.61 bits per heavy atom. The number of anilines is 1. The number of nitrogens with one attached hydrogen (secondary N) is 1. The van der Waals surface area contributed by atoms with Crippen LogP contribution in [0.2, 0.25) is 10.0 Å². The summed E-state index contributed by atoms with van der Waals surface area (Å²) in [4.78, 5) is 19.5. The molecule has 2 heterocycles. The molecule has 41 heavy (non-hydrogen) atoms. The van der Waals surface area contributed by atoms with E-state index in [-0.39, 0.29) is 18.1 Å². The van der Waals surface area contributed by atoms with E-state index in [1.54, 1.807) is 11.3 Å². The average molecular weight is 616 g/mol. The number of esters is 1. The molecule has 2 unspecified atom stereocenters. The first-order valence-corrected chi connectivity index (χ1v) is 15.7. The minimum absolute atomic E-state index is 0.237. The van der Waals surface area contributed by atoms with Crippen LogP contribution in [0.4, 0.5) is 5.13 Å².